The Bertz CT molecular complexity index is 370. The summed E-state index contributed by atoms with van der Waals surface area (Å²) in [6, 6.07) is 1.79. The molecule has 0 unspecified atom stereocenters. The quantitative estimate of drug-likeness (QED) is 0.702. The lowest BCUT2D eigenvalue weighted by molar-refractivity contribution is 0.395. The van der Waals surface area contributed by atoms with Crippen molar-refractivity contribution in [3.8, 4) is 0 Å². The highest BCUT2D eigenvalue weighted by molar-refractivity contribution is 7.98. The molecule has 0 saturated carbocycles. The van der Waals surface area contributed by atoms with Crippen LogP contribution in [0.5, 0.6) is 0 Å². The molecule has 13 heavy (non-hydrogen) atoms. The zero-order chi connectivity index (χ0) is 9.10. The molecule has 2 heterocycles. The molecule has 0 amide bonds. The molecular formula is C6H7N5OS. The summed E-state index contributed by atoms with van der Waals surface area (Å²) in [4.78, 5) is 3.92. The van der Waals surface area contributed by atoms with Crippen molar-refractivity contribution in [1.29, 1.82) is 0 Å². The Morgan fingerprint density at radius 1 is 1.62 bits per heavy atom. The van der Waals surface area contributed by atoms with E-state index in [2.05, 4.69) is 20.3 Å². The molecule has 0 aliphatic heterocycles. The van der Waals surface area contributed by atoms with Crippen LogP contribution >= 0.6 is 11.8 Å². The number of hydrogen-bond donors (Lipinski definition) is 2. The number of anilines is 1. The van der Waals surface area contributed by atoms with Crippen molar-refractivity contribution >= 4 is 17.7 Å². The maximum Gasteiger partial charge on any atom is 0.216 e. The predicted molar refractivity (Wildman–Crippen MR) is 46.9 cm³/mol. The van der Waals surface area contributed by atoms with Gasteiger partial charge < -0.3 is 10.3 Å². The van der Waals surface area contributed by atoms with Gasteiger partial charge in [-0.2, -0.15) is 4.98 Å². The molecule has 0 aliphatic rings. The second kappa shape index (κ2) is 3.48. The lowest BCUT2D eigenvalue weighted by Gasteiger charge is -1.89. The van der Waals surface area contributed by atoms with Gasteiger partial charge in [0, 0.05) is 6.07 Å². The van der Waals surface area contributed by atoms with Crippen LogP contribution in [-0.2, 0) is 5.75 Å². The molecule has 0 atom stereocenters. The first-order valence-corrected chi connectivity index (χ1v) is 4.53. The SMILES string of the molecule is Nc1nc(SCc2ccno2)n[nH]1. The van der Waals surface area contributed by atoms with Crippen molar-refractivity contribution in [2.45, 2.75) is 10.9 Å². The van der Waals surface area contributed by atoms with E-state index in [-0.39, 0.29) is 0 Å². The van der Waals surface area contributed by atoms with E-state index in [1.807, 2.05) is 0 Å². The number of nitrogens with two attached hydrogens (primary N) is 1. The topological polar surface area (TPSA) is 93.6 Å². The maximum atomic E-state index is 5.35. The summed E-state index contributed by atoms with van der Waals surface area (Å²) < 4.78 is 4.89. The third-order valence-corrected chi connectivity index (χ3v) is 2.19. The van der Waals surface area contributed by atoms with Crippen LogP contribution in [0.4, 0.5) is 5.95 Å². The zero-order valence-corrected chi connectivity index (χ0v) is 7.41. The van der Waals surface area contributed by atoms with Crippen LogP contribution in [0, 0.1) is 0 Å². The normalized spacial score (nSPS) is 10.5. The van der Waals surface area contributed by atoms with Crippen LogP contribution in [0.15, 0.2) is 21.9 Å². The second-order valence-corrected chi connectivity index (χ2v) is 3.21. The average molecular weight is 197 g/mol. The summed E-state index contributed by atoms with van der Waals surface area (Å²) in [5, 5.41) is 10.6. The summed E-state index contributed by atoms with van der Waals surface area (Å²) in [5.74, 6) is 1.76. The van der Waals surface area contributed by atoms with Crippen LogP contribution in [0.25, 0.3) is 0 Å². The molecule has 0 saturated heterocycles. The van der Waals surface area contributed by atoms with Crippen LogP contribution < -0.4 is 5.73 Å². The lowest BCUT2D eigenvalue weighted by atomic mass is 10.5. The summed E-state index contributed by atoms with van der Waals surface area (Å²) in [6.07, 6.45) is 1.60. The molecule has 2 rings (SSSR count). The van der Waals surface area contributed by atoms with E-state index in [0.29, 0.717) is 16.9 Å². The standard InChI is InChI=1S/C6H7N5OS/c7-5-9-6(11-10-5)13-3-4-1-2-8-12-4/h1-2H,3H2,(H3,7,9,10,11). The van der Waals surface area contributed by atoms with Crippen LogP contribution in [-0.4, -0.2) is 20.3 Å². The van der Waals surface area contributed by atoms with Crippen molar-refractivity contribution in [2.24, 2.45) is 0 Å². The smallest absolute Gasteiger partial charge is 0.216 e. The Kier molecular flexibility index (Phi) is 2.17. The first kappa shape index (κ1) is 8.11. The van der Waals surface area contributed by atoms with Crippen LogP contribution in [0.2, 0.25) is 0 Å². The monoisotopic (exact) mass is 197 g/mol. The average Bonchev–Trinajstić information content (AvgIpc) is 2.71. The molecule has 0 bridgehead atoms. The van der Waals surface area contributed by atoms with Gasteiger partial charge in [0.2, 0.25) is 11.1 Å². The number of nitrogens with zero attached hydrogens (tertiary/aromatic N) is 3. The summed E-state index contributed by atoms with van der Waals surface area (Å²) in [6.45, 7) is 0. The largest absolute Gasteiger partial charge is 0.368 e. The van der Waals surface area contributed by atoms with Gasteiger partial charge in [-0.3, -0.25) is 0 Å². The first-order chi connectivity index (χ1) is 6.34. The van der Waals surface area contributed by atoms with E-state index in [9.17, 15) is 0 Å². The Balaban J connectivity index is 1.93. The molecule has 0 aliphatic carbocycles. The minimum Gasteiger partial charge on any atom is -0.368 e. The van der Waals surface area contributed by atoms with Crippen molar-refractivity contribution < 1.29 is 4.52 Å². The fourth-order valence-electron chi connectivity index (χ4n) is 0.775. The Morgan fingerprint density at radius 2 is 2.54 bits per heavy atom. The summed E-state index contributed by atoms with van der Waals surface area (Å²) >= 11 is 1.43. The highest BCUT2D eigenvalue weighted by Gasteiger charge is 2.03. The lowest BCUT2D eigenvalue weighted by Crippen LogP contribution is -1.85. The van der Waals surface area contributed by atoms with Crippen LogP contribution in [0.3, 0.4) is 0 Å². The van der Waals surface area contributed by atoms with Gasteiger partial charge in [0.15, 0.2) is 0 Å². The first-order valence-electron chi connectivity index (χ1n) is 3.55. The third-order valence-electron chi connectivity index (χ3n) is 1.32. The van der Waals surface area contributed by atoms with Gasteiger partial charge in [-0.05, 0) is 0 Å². The molecule has 0 aromatic carbocycles. The van der Waals surface area contributed by atoms with E-state index in [4.69, 9.17) is 10.3 Å². The van der Waals surface area contributed by atoms with Gasteiger partial charge in [-0.25, -0.2) is 5.10 Å². The van der Waals surface area contributed by atoms with Gasteiger partial charge in [0.1, 0.15) is 5.76 Å². The highest BCUT2D eigenvalue weighted by atomic mass is 32.2. The molecule has 0 spiro atoms. The molecule has 2 aromatic rings. The molecule has 6 nitrogen and oxygen atoms in total. The number of thioether (sulfide) groups is 1. The fraction of sp³-hybridized carbons (Fsp3) is 0.167. The number of nitrogens with one attached hydrogen (secondary N) is 1. The highest BCUT2D eigenvalue weighted by Crippen LogP contribution is 2.18. The summed E-state index contributed by atoms with van der Waals surface area (Å²) in [5.41, 5.74) is 5.35. The molecule has 0 fully saturated rings. The van der Waals surface area contributed by atoms with Crippen molar-refractivity contribution in [1.82, 2.24) is 20.3 Å². The minimum absolute atomic E-state index is 0.320. The van der Waals surface area contributed by atoms with Crippen molar-refractivity contribution in [2.75, 3.05) is 5.73 Å². The number of aromatic amines is 1. The number of rotatable bonds is 3. The Labute approximate surface area is 77.9 Å². The molecule has 7 heteroatoms. The van der Waals surface area contributed by atoms with E-state index < -0.39 is 0 Å². The predicted octanol–water partition coefficient (Wildman–Crippen LogP) is 0.667. The maximum absolute atomic E-state index is 5.35. The molecule has 68 valence electrons. The van der Waals surface area contributed by atoms with E-state index in [1.165, 1.54) is 11.8 Å². The van der Waals surface area contributed by atoms with Crippen molar-refractivity contribution in [3.05, 3.63) is 18.0 Å². The van der Waals surface area contributed by atoms with Gasteiger partial charge in [0.05, 0.1) is 11.9 Å². The van der Waals surface area contributed by atoms with E-state index in [0.717, 1.165) is 5.76 Å². The molecule has 0 radical (unpaired) electrons. The van der Waals surface area contributed by atoms with Gasteiger partial charge in [-0.1, -0.05) is 16.9 Å². The number of nitrogen functional groups attached to an aromatic ring is 1. The van der Waals surface area contributed by atoms with Gasteiger partial charge in [0.25, 0.3) is 0 Å². The zero-order valence-electron chi connectivity index (χ0n) is 6.60. The fourth-order valence-corrected chi connectivity index (χ4v) is 1.47. The third kappa shape index (κ3) is 2.00. The summed E-state index contributed by atoms with van der Waals surface area (Å²) in [7, 11) is 0. The van der Waals surface area contributed by atoms with Gasteiger partial charge in [-0.15, -0.1) is 5.10 Å². The molecule has 3 N–H and O–H groups in total. The number of hydrogen-bond acceptors (Lipinski definition) is 6. The molecular weight excluding hydrogens is 190 g/mol. The second-order valence-electron chi connectivity index (χ2n) is 2.27. The van der Waals surface area contributed by atoms with E-state index in [1.54, 1.807) is 12.3 Å². The van der Waals surface area contributed by atoms with Crippen LogP contribution in [0.1, 0.15) is 5.76 Å². The van der Waals surface area contributed by atoms with E-state index >= 15 is 0 Å². The van der Waals surface area contributed by atoms with Gasteiger partial charge >= 0.3 is 0 Å². The number of aromatic nitrogens is 4. The molecule has 2 aromatic heterocycles. The Morgan fingerprint density at radius 3 is 3.15 bits per heavy atom. The van der Waals surface area contributed by atoms with Crippen molar-refractivity contribution in [3.63, 3.8) is 0 Å². The minimum atomic E-state index is 0.320. The Hall–Kier alpha value is -1.50. The number of H-pyrrole nitrogens is 1.